The van der Waals surface area contributed by atoms with E-state index in [4.69, 9.17) is 4.74 Å². The van der Waals surface area contributed by atoms with Crippen LogP contribution in [-0.2, 0) is 11.8 Å². The molecular weight excluding hydrogens is 416 g/mol. The van der Waals surface area contributed by atoms with Gasteiger partial charge in [0.05, 0.1) is 41.8 Å². The molecule has 4 aromatic rings. The second kappa shape index (κ2) is 6.45. The number of rotatable bonds is 1. The molecule has 2 atom stereocenters. The maximum Gasteiger partial charge on any atom is 0.280 e. The van der Waals surface area contributed by atoms with Crippen LogP contribution in [0.5, 0.6) is 0 Å². The highest BCUT2D eigenvalue weighted by Gasteiger charge is 2.47. The third kappa shape index (κ3) is 2.41. The van der Waals surface area contributed by atoms with Gasteiger partial charge in [-0.05, 0) is 49.2 Å². The molecule has 7 rings (SSSR count). The predicted octanol–water partition coefficient (Wildman–Crippen LogP) is 3.56. The summed E-state index contributed by atoms with van der Waals surface area (Å²) < 4.78 is 7.57. The Kier molecular flexibility index (Phi) is 3.69. The Labute approximate surface area is 190 Å². The molecule has 8 nitrogen and oxygen atoms in total. The highest BCUT2D eigenvalue weighted by atomic mass is 16.5. The fourth-order valence-electron chi connectivity index (χ4n) is 5.73. The molecule has 0 bridgehead atoms. The topological polar surface area (TPSA) is 79.3 Å². The van der Waals surface area contributed by atoms with E-state index in [0.29, 0.717) is 5.69 Å². The fourth-order valence-corrected chi connectivity index (χ4v) is 5.73. The number of aromatic amines is 1. The molecule has 8 heteroatoms. The number of anilines is 2. The van der Waals surface area contributed by atoms with Crippen LogP contribution in [0, 0.1) is 6.92 Å². The van der Waals surface area contributed by atoms with Crippen molar-refractivity contribution in [2.75, 3.05) is 29.5 Å². The number of imidazole rings is 1. The van der Waals surface area contributed by atoms with Crippen molar-refractivity contribution in [1.29, 1.82) is 0 Å². The minimum atomic E-state index is -0.183. The van der Waals surface area contributed by atoms with E-state index in [1.54, 1.807) is 6.33 Å². The number of H-pyrrole nitrogens is 1. The van der Waals surface area contributed by atoms with E-state index in [-0.39, 0.29) is 18.1 Å². The SMILES string of the molecule is Cc1c2c(nn1C)C(=O)N1c3ccc4[nH]cnc4c3-c3cc(N4CCO[C@H](C)C4)ccc3C21. The summed E-state index contributed by atoms with van der Waals surface area (Å²) >= 11 is 0. The molecule has 3 aliphatic rings. The van der Waals surface area contributed by atoms with Crippen LogP contribution < -0.4 is 9.80 Å². The molecule has 0 saturated carbocycles. The Balaban J connectivity index is 1.51. The Morgan fingerprint density at radius 2 is 2.09 bits per heavy atom. The summed E-state index contributed by atoms with van der Waals surface area (Å²) in [4.78, 5) is 25.8. The lowest BCUT2D eigenvalue weighted by Crippen LogP contribution is -2.41. The van der Waals surface area contributed by atoms with Crippen molar-refractivity contribution in [3.8, 4) is 11.1 Å². The van der Waals surface area contributed by atoms with E-state index >= 15 is 0 Å². The van der Waals surface area contributed by atoms with Crippen LogP contribution >= 0.6 is 0 Å². The number of aryl methyl sites for hydroxylation is 1. The summed E-state index contributed by atoms with van der Waals surface area (Å²) in [6.07, 6.45) is 1.92. The Morgan fingerprint density at radius 3 is 2.94 bits per heavy atom. The quantitative estimate of drug-likeness (QED) is 0.490. The molecule has 1 unspecified atom stereocenters. The second-order valence-electron chi connectivity index (χ2n) is 9.21. The van der Waals surface area contributed by atoms with Gasteiger partial charge in [-0.3, -0.25) is 14.4 Å². The van der Waals surface area contributed by atoms with Crippen molar-refractivity contribution in [1.82, 2.24) is 19.7 Å². The first-order chi connectivity index (χ1) is 16.0. The van der Waals surface area contributed by atoms with Crippen LogP contribution in [0.1, 0.15) is 40.3 Å². The van der Waals surface area contributed by atoms with Gasteiger partial charge in [0.2, 0.25) is 0 Å². The zero-order valence-corrected chi connectivity index (χ0v) is 18.8. The molecule has 2 aromatic carbocycles. The van der Waals surface area contributed by atoms with Gasteiger partial charge in [-0.15, -0.1) is 0 Å². The zero-order chi connectivity index (χ0) is 22.4. The first kappa shape index (κ1) is 18.9. The predicted molar refractivity (Wildman–Crippen MR) is 126 cm³/mol. The highest BCUT2D eigenvalue weighted by Crippen LogP contribution is 2.54. The fraction of sp³-hybridized carbons (Fsp3) is 0.320. The number of hydrogen-bond donors (Lipinski definition) is 1. The molecule has 1 N–H and O–H groups in total. The molecule has 0 aliphatic carbocycles. The van der Waals surface area contributed by atoms with Crippen LogP contribution in [-0.4, -0.2) is 51.5 Å². The van der Waals surface area contributed by atoms with E-state index in [9.17, 15) is 4.79 Å². The van der Waals surface area contributed by atoms with E-state index in [2.05, 4.69) is 45.1 Å². The average molecular weight is 441 g/mol. The van der Waals surface area contributed by atoms with Gasteiger partial charge in [-0.2, -0.15) is 5.10 Å². The van der Waals surface area contributed by atoms with E-state index in [1.807, 2.05) is 35.7 Å². The molecular formula is C25H24N6O2. The lowest BCUT2D eigenvalue weighted by Gasteiger charge is -2.37. The first-order valence-electron chi connectivity index (χ1n) is 11.4. The lowest BCUT2D eigenvalue weighted by atomic mass is 9.85. The minimum absolute atomic E-state index is 0.0495. The molecule has 2 aromatic heterocycles. The summed E-state index contributed by atoms with van der Waals surface area (Å²) in [7, 11) is 1.90. The van der Waals surface area contributed by atoms with Crippen LogP contribution in [0.2, 0.25) is 0 Å². The third-order valence-electron chi connectivity index (χ3n) is 7.37. The molecule has 166 valence electrons. The van der Waals surface area contributed by atoms with Gasteiger partial charge < -0.3 is 14.6 Å². The van der Waals surface area contributed by atoms with Gasteiger partial charge in [0.25, 0.3) is 5.91 Å². The van der Waals surface area contributed by atoms with E-state index < -0.39 is 0 Å². The van der Waals surface area contributed by atoms with Crippen LogP contribution in [0.15, 0.2) is 36.7 Å². The first-order valence-corrected chi connectivity index (χ1v) is 11.4. The van der Waals surface area contributed by atoms with Crippen LogP contribution in [0.25, 0.3) is 22.2 Å². The Hall–Kier alpha value is -3.65. The maximum absolute atomic E-state index is 13.6. The van der Waals surface area contributed by atoms with Gasteiger partial charge in [0, 0.05) is 42.6 Å². The molecule has 33 heavy (non-hydrogen) atoms. The van der Waals surface area contributed by atoms with Gasteiger partial charge >= 0.3 is 0 Å². The van der Waals surface area contributed by atoms with Crippen molar-refractivity contribution >= 4 is 28.3 Å². The smallest absolute Gasteiger partial charge is 0.280 e. The van der Waals surface area contributed by atoms with E-state index in [1.165, 1.54) is 5.69 Å². The number of nitrogens with zero attached hydrogens (tertiary/aromatic N) is 5. The number of ether oxygens (including phenoxy) is 1. The van der Waals surface area contributed by atoms with Gasteiger partial charge in [0.15, 0.2) is 5.69 Å². The number of fused-ring (bicyclic) bond motifs is 10. The lowest BCUT2D eigenvalue weighted by molar-refractivity contribution is 0.0532. The Morgan fingerprint density at radius 1 is 1.21 bits per heavy atom. The number of nitrogens with one attached hydrogen (secondary N) is 1. The average Bonchev–Trinajstić information content (AvgIpc) is 3.49. The van der Waals surface area contributed by atoms with Gasteiger partial charge in [-0.25, -0.2) is 4.98 Å². The number of amides is 1. The largest absolute Gasteiger partial charge is 0.375 e. The summed E-state index contributed by atoms with van der Waals surface area (Å²) in [6.45, 7) is 6.60. The summed E-state index contributed by atoms with van der Waals surface area (Å²) in [5.74, 6) is -0.0495. The minimum Gasteiger partial charge on any atom is -0.375 e. The molecule has 1 amide bonds. The van der Waals surface area contributed by atoms with Gasteiger partial charge in [-0.1, -0.05) is 6.07 Å². The maximum atomic E-state index is 13.6. The Bertz CT molecular complexity index is 1470. The number of hydrogen-bond acceptors (Lipinski definition) is 5. The summed E-state index contributed by atoms with van der Waals surface area (Å²) in [6, 6.07) is 10.5. The normalized spacial score (nSPS) is 21.2. The second-order valence-corrected chi connectivity index (χ2v) is 9.21. The summed E-state index contributed by atoms with van der Waals surface area (Å²) in [5, 5.41) is 4.57. The molecule has 1 saturated heterocycles. The zero-order valence-electron chi connectivity index (χ0n) is 18.8. The number of carbonyl (C=O) groups excluding carboxylic acids is 1. The molecule has 3 aliphatic heterocycles. The van der Waals surface area contributed by atoms with Crippen molar-refractivity contribution < 1.29 is 9.53 Å². The van der Waals surface area contributed by atoms with Crippen molar-refractivity contribution in [3.05, 3.63) is 59.2 Å². The number of morpholine rings is 1. The van der Waals surface area contributed by atoms with E-state index in [0.717, 1.165) is 64.4 Å². The standard InChI is InChI=1S/C25H24N6O2/c1-13-11-30(8-9-33-13)15-4-5-16-17(10-15)21-19(7-6-18-22(21)27-12-26-18)31-24(16)20-14(2)29(3)28-23(20)25(31)32/h4-7,10,12-13,24H,8-9,11H2,1-3H3,(H,26,27)/t13-,24?/m1/s1. The highest BCUT2D eigenvalue weighted by molar-refractivity contribution is 6.17. The number of benzene rings is 2. The summed E-state index contributed by atoms with van der Waals surface area (Å²) in [5.41, 5.74) is 9.73. The number of carbonyl (C=O) groups is 1. The van der Waals surface area contributed by atoms with Crippen molar-refractivity contribution in [2.24, 2.45) is 7.05 Å². The molecule has 0 radical (unpaired) electrons. The third-order valence-corrected chi connectivity index (χ3v) is 7.37. The van der Waals surface area contributed by atoms with Gasteiger partial charge in [0.1, 0.15) is 0 Å². The van der Waals surface area contributed by atoms with Crippen LogP contribution in [0.4, 0.5) is 11.4 Å². The molecule has 0 spiro atoms. The number of aromatic nitrogens is 4. The van der Waals surface area contributed by atoms with Crippen molar-refractivity contribution in [3.63, 3.8) is 0 Å². The molecule has 1 fully saturated rings. The van der Waals surface area contributed by atoms with Crippen LogP contribution in [0.3, 0.4) is 0 Å². The van der Waals surface area contributed by atoms with Crippen molar-refractivity contribution in [2.45, 2.75) is 26.0 Å². The monoisotopic (exact) mass is 440 g/mol. The molecule has 5 heterocycles.